The molecule has 8 nitrogen and oxygen atoms in total. The minimum absolute atomic E-state index is 0.0106. The molecule has 2 bridgehead atoms. The Morgan fingerprint density at radius 2 is 2.09 bits per heavy atom. The molecule has 3 unspecified atom stereocenters. The largest absolute Gasteiger partial charge is 0.466 e. The number of carbonyl (C=O) groups is 3. The van der Waals surface area contributed by atoms with Crippen LogP contribution in [0.4, 0.5) is 5.69 Å². The number of rotatable bonds is 8. The lowest BCUT2D eigenvalue weighted by atomic mass is 9.62. The number of ether oxygens (including phenoxy) is 2. The zero-order valence-corrected chi connectivity index (χ0v) is 20.9. The van der Waals surface area contributed by atoms with Crippen LogP contribution in [0.1, 0.15) is 45.6 Å². The van der Waals surface area contributed by atoms with Crippen LogP contribution in [0.15, 0.2) is 18.2 Å². The summed E-state index contributed by atoms with van der Waals surface area (Å²) in [5.74, 6) is -2.77. The van der Waals surface area contributed by atoms with Crippen LogP contribution in [0, 0.1) is 24.7 Å². The Kier molecular flexibility index (Phi) is 6.70. The molecule has 3 saturated heterocycles. The first-order chi connectivity index (χ1) is 16.1. The van der Waals surface area contributed by atoms with E-state index in [1.807, 2.05) is 26.8 Å². The highest BCUT2D eigenvalue weighted by Gasteiger charge is 2.80. The van der Waals surface area contributed by atoms with Crippen LogP contribution in [0.5, 0.6) is 0 Å². The fourth-order valence-electron chi connectivity index (χ4n) is 6.25. The number of hydrogen-bond donors (Lipinski definition) is 2. The number of carbonyl (C=O) groups excluding carboxylic acids is 3. The van der Waals surface area contributed by atoms with E-state index in [2.05, 4.69) is 5.32 Å². The molecule has 34 heavy (non-hydrogen) atoms. The molecule has 0 radical (unpaired) electrons. The lowest BCUT2D eigenvalue weighted by molar-refractivity contribution is -0.160. The van der Waals surface area contributed by atoms with Crippen molar-refractivity contribution in [2.45, 2.75) is 64.2 Å². The van der Waals surface area contributed by atoms with Gasteiger partial charge in [-0.05, 0) is 57.6 Å². The number of esters is 1. The highest BCUT2D eigenvalue weighted by atomic mass is 35.5. The molecule has 2 N–H and O–H groups in total. The minimum atomic E-state index is -1.14. The number of anilines is 1. The number of aliphatic hydroxyl groups is 1. The summed E-state index contributed by atoms with van der Waals surface area (Å²) in [6, 6.07) is 4.42. The standard InChI is InChI=1S/C25H33ClN2O6/c1-5-33-23(32)18-17-22(31)28(11-6-7-12-29)20(25(17)13-15(3)24(18,4)34-25)21(30)27-19-14(2)9-8-10-16(19)26/h8-10,15,17-18,20,29H,5-7,11-13H2,1-4H3,(H,27,30)/t15?,17-,18-,20?,24+,25?/m0/s1. The quantitative estimate of drug-likeness (QED) is 0.427. The maximum absolute atomic E-state index is 13.8. The van der Waals surface area contributed by atoms with Gasteiger partial charge in [0.05, 0.1) is 28.8 Å². The van der Waals surface area contributed by atoms with E-state index >= 15 is 0 Å². The van der Waals surface area contributed by atoms with Gasteiger partial charge in [0.15, 0.2) is 0 Å². The van der Waals surface area contributed by atoms with Crippen molar-refractivity contribution in [1.82, 2.24) is 4.90 Å². The van der Waals surface area contributed by atoms with E-state index in [0.717, 1.165) is 5.56 Å². The van der Waals surface area contributed by atoms with Gasteiger partial charge in [-0.15, -0.1) is 0 Å². The lowest BCUT2D eigenvalue weighted by Crippen LogP contribution is -2.54. The second kappa shape index (κ2) is 9.13. The molecule has 0 saturated carbocycles. The smallest absolute Gasteiger partial charge is 0.312 e. The van der Waals surface area contributed by atoms with Crippen molar-refractivity contribution in [2.75, 3.05) is 25.1 Å². The summed E-state index contributed by atoms with van der Waals surface area (Å²) in [7, 11) is 0. The Balaban J connectivity index is 1.76. The summed E-state index contributed by atoms with van der Waals surface area (Å²) in [5.41, 5.74) is -0.748. The molecule has 0 aliphatic carbocycles. The van der Waals surface area contributed by atoms with Crippen molar-refractivity contribution >= 4 is 35.1 Å². The van der Waals surface area contributed by atoms with Crippen molar-refractivity contribution in [3.63, 3.8) is 0 Å². The molecule has 1 spiro atoms. The van der Waals surface area contributed by atoms with E-state index < -0.39 is 41.0 Å². The highest BCUT2D eigenvalue weighted by Crippen LogP contribution is 2.65. The SMILES string of the molecule is CCOC(=O)[C@@H]1[C@H]2C(=O)N(CCCCO)C(C(=O)Nc3c(C)cccc3Cl)C23CC(C)[C@@]1(C)O3. The second-order valence-electron chi connectivity index (χ2n) is 9.84. The van der Waals surface area contributed by atoms with Gasteiger partial charge in [0.25, 0.3) is 0 Å². The number of para-hydroxylation sites is 1. The predicted molar refractivity (Wildman–Crippen MR) is 126 cm³/mol. The molecule has 3 aliphatic rings. The van der Waals surface area contributed by atoms with E-state index in [-0.39, 0.29) is 31.6 Å². The first-order valence-electron chi connectivity index (χ1n) is 12.0. The Morgan fingerprint density at radius 3 is 2.74 bits per heavy atom. The number of unbranched alkanes of at least 4 members (excludes halogenated alkanes) is 1. The van der Waals surface area contributed by atoms with Crippen LogP contribution in [0.25, 0.3) is 0 Å². The van der Waals surface area contributed by atoms with E-state index in [1.54, 1.807) is 19.1 Å². The first kappa shape index (κ1) is 24.9. The van der Waals surface area contributed by atoms with Gasteiger partial charge in [-0.1, -0.05) is 30.7 Å². The number of hydrogen-bond acceptors (Lipinski definition) is 6. The highest BCUT2D eigenvalue weighted by molar-refractivity contribution is 6.34. The summed E-state index contributed by atoms with van der Waals surface area (Å²) in [4.78, 5) is 42.2. The molecule has 9 heteroatoms. The number of amides is 2. The molecular formula is C25H33ClN2O6. The van der Waals surface area contributed by atoms with Gasteiger partial charge < -0.3 is 24.8 Å². The third-order valence-electron chi connectivity index (χ3n) is 7.88. The summed E-state index contributed by atoms with van der Waals surface area (Å²) in [5, 5.41) is 12.6. The van der Waals surface area contributed by atoms with E-state index in [9.17, 15) is 19.5 Å². The van der Waals surface area contributed by atoms with E-state index in [4.69, 9.17) is 21.1 Å². The zero-order chi connectivity index (χ0) is 24.8. The fraction of sp³-hybridized carbons (Fsp3) is 0.640. The third-order valence-corrected chi connectivity index (χ3v) is 8.20. The number of benzene rings is 1. The number of halogens is 1. The number of fused-ring (bicyclic) bond motifs is 1. The van der Waals surface area contributed by atoms with Crippen molar-refractivity contribution in [3.05, 3.63) is 28.8 Å². The Bertz CT molecular complexity index is 981. The molecule has 0 aromatic heterocycles. The predicted octanol–water partition coefficient (Wildman–Crippen LogP) is 2.93. The third kappa shape index (κ3) is 3.62. The van der Waals surface area contributed by atoms with Crippen LogP contribution in [0.2, 0.25) is 5.02 Å². The molecule has 3 aliphatic heterocycles. The molecule has 2 amide bonds. The van der Waals surface area contributed by atoms with E-state index in [0.29, 0.717) is 30.0 Å². The summed E-state index contributed by atoms with van der Waals surface area (Å²) >= 11 is 6.37. The number of likely N-dealkylation sites (tertiary alicyclic amines) is 1. The fourth-order valence-corrected chi connectivity index (χ4v) is 6.51. The Morgan fingerprint density at radius 1 is 1.35 bits per heavy atom. The lowest BCUT2D eigenvalue weighted by Gasteiger charge is -2.35. The Hall–Kier alpha value is -2.16. The molecule has 4 rings (SSSR count). The number of aliphatic hydroxyl groups excluding tert-OH is 1. The maximum atomic E-state index is 13.8. The zero-order valence-electron chi connectivity index (χ0n) is 20.1. The second-order valence-corrected chi connectivity index (χ2v) is 10.2. The van der Waals surface area contributed by atoms with Crippen molar-refractivity contribution in [3.8, 4) is 0 Å². The molecule has 186 valence electrons. The van der Waals surface area contributed by atoms with Crippen molar-refractivity contribution in [2.24, 2.45) is 17.8 Å². The molecular weight excluding hydrogens is 460 g/mol. The van der Waals surface area contributed by atoms with Crippen molar-refractivity contribution < 1.29 is 29.0 Å². The minimum Gasteiger partial charge on any atom is -0.466 e. The first-order valence-corrected chi connectivity index (χ1v) is 12.3. The molecule has 1 aromatic carbocycles. The van der Waals surface area contributed by atoms with Crippen LogP contribution in [-0.2, 0) is 23.9 Å². The van der Waals surface area contributed by atoms with Gasteiger partial charge in [-0.3, -0.25) is 14.4 Å². The summed E-state index contributed by atoms with van der Waals surface area (Å²) < 4.78 is 12.0. The maximum Gasteiger partial charge on any atom is 0.312 e. The van der Waals surface area contributed by atoms with Gasteiger partial charge in [0, 0.05) is 13.2 Å². The van der Waals surface area contributed by atoms with Crippen LogP contribution in [0.3, 0.4) is 0 Å². The monoisotopic (exact) mass is 492 g/mol. The van der Waals surface area contributed by atoms with Gasteiger partial charge >= 0.3 is 5.97 Å². The van der Waals surface area contributed by atoms with Crippen LogP contribution >= 0.6 is 11.6 Å². The van der Waals surface area contributed by atoms with E-state index in [1.165, 1.54) is 4.90 Å². The Labute approximate surface area is 204 Å². The number of nitrogens with one attached hydrogen (secondary N) is 1. The summed E-state index contributed by atoms with van der Waals surface area (Å²) in [6.07, 6.45) is 1.50. The molecule has 1 aromatic rings. The van der Waals surface area contributed by atoms with Gasteiger partial charge in [0.1, 0.15) is 17.6 Å². The average Bonchev–Trinajstić information content (AvgIpc) is 3.28. The molecule has 3 fully saturated rings. The van der Waals surface area contributed by atoms with Crippen molar-refractivity contribution in [1.29, 1.82) is 0 Å². The number of aryl methyl sites for hydroxylation is 1. The van der Waals surface area contributed by atoms with Gasteiger partial charge in [0.2, 0.25) is 11.8 Å². The van der Waals surface area contributed by atoms with Gasteiger partial charge in [-0.2, -0.15) is 0 Å². The molecule has 3 heterocycles. The average molecular weight is 493 g/mol. The van der Waals surface area contributed by atoms with Gasteiger partial charge in [-0.25, -0.2) is 0 Å². The number of nitrogens with zero attached hydrogens (tertiary/aromatic N) is 1. The molecule has 6 atom stereocenters. The van der Waals surface area contributed by atoms with Crippen LogP contribution < -0.4 is 5.32 Å². The summed E-state index contributed by atoms with van der Waals surface area (Å²) in [6.45, 7) is 7.88. The topological polar surface area (TPSA) is 105 Å². The van der Waals surface area contributed by atoms with Crippen LogP contribution in [-0.4, -0.2) is 64.8 Å². The normalized spacial score (nSPS) is 33.8.